The number of aromatic nitrogens is 3. The lowest BCUT2D eigenvalue weighted by Crippen LogP contribution is -2.34. The molecule has 0 saturated heterocycles. The SMILES string of the molecule is CCCC(Cc1cc(F)cc(F)c1)c1nc2nc(C3(F)CCC(F)(F)CC3)cc(C)c2c(=O)n1-c1ccc(CC)c(C(=N)C(C)C)c1C. The Morgan fingerprint density at radius 2 is 1.60 bits per heavy atom. The predicted octanol–water partition coefficient (Wildman–Crippen LogP) is 9.76. The van der Waals surface area contributed by atoms with Gasteiger partial charge in [-0.05, 0) is 98.4 Å². The maximum Gasteiger partial charge on any atom is 0.267 e. The lowest BCUT2D eigenvalue weighted by molar-refractivity contribution is -0.0784. The van der Waals surface area contributed by atoms with E-state index < -0.39 is 60.4 Å². The lowest BCUT2D eigenvalue weighted by Gasteiger charge is -2.33. The molecule has 1 fully saturated rings. The van der Waals surface area contributed by atoms with Gasteiger partial charge in [0.15, 0.2) is 11.3 Å². The average molecular weight is 667 g/mol. The molecule has 2 heterocycles. The molecule has 2 aromatic heterocycles. The van der Waals surface area contributed by atoms with Crippen LogP contribution in [0.4, 0.5) is 22.0 Å². The van der Waals surface area contributed by atoms with Gasteiger partial charge in [-0.3, -0.25) is 9.36 Å². The van der Waals surface area contributed by atoms with Crippen LogP contribution in [-0.2, 0) is 18.5 Å². The van der Waals surface area contributed by atoms with Crippen LogP contribution in [0.5, 0.6) is 0 Å². The first kappa shape index (κ1) is 35.4. The molecule has 0 spiro atoms. The van der Waals surface area contributed by atoms with Crippen molar-refractivity contribution >= 4 is 16.7 Å². The Kier molecular flexibility index (Phi) is 9.96. The van der Waals surface area contributed by atoms with E-state index in [0.29, 0.717) is 47.6 Å². The van der Waals surface area contributed by atoms with E-state index in [1.54, 1.807) is 6.92 Å². The molecule has 1 aliphatic rings. The fraction of sp³-hybridized carbons (Fsp3) is 0.474. The zero-order chi connectivity index (χ0) is 35.1. The maximum absolute atomic E-state index is 16.3. The van der Waals surface area contributed by atoms with Gasteiger partial charge in [0.05, 0.1) is 16.8 Å². The summed E-state index contributed by atoms with van der Waals surface area (Å²) < 4.78 is 74.4. The van der Waals surface area contributed by atoms with E-state index in [0.717, 1.165) is 22.8 Å². The maximum atomic E-state index is 16.3. The minimum absolute atomic E-state index is 0.000105. The van der Waals surface area contributed by atoms with Crippen molar-refractivity contribution in [1.82, 2.24) is 14.5 Å². The van der Waals surface area contributed by atoms with Gasteiger partial charge in [0, 0.05) is 36.1 Å². The Balaban J connectivity index is 1.81. The predicted molar refractivity (Wildman–Crippen MR) is 180 cm³/mol. The third-order valence-corrected chi connectivity index (χ3v) is 9.70. The first-order chi connectivity index (χ1) is 22.6. The molecule has 1 N–H and O–H groups in total. The van der Waals surface area contributed by atoms with E-state index in [4.69, 9.17) is 10.4 Å². The van der Waals surface area contributed by atoms with Crippen LogP contribution in [0.3, 0.4) is 0 Å². The molecule has 0 radical (unpaired) electrons. The minimum atomic E-state index is -2.94. The highest BCUT2D eigenvalue weighted by Gasteiger charge is 2.46. The minimum Gasteiger partial charge on any atom is -0.304 e. The van der Waals surface area contributed by atoms with Crippen molar-refractivity contribution < 1.29 is 22.0 Å². The average Bonchev–Trinajstić information content (AvgIpc) is 3.01. The zero-order valence-corrected chi connectivity index (χ0v) is 28.4. The summed E-state index contributed by atoms with van der Waals surface area (Å²) in [6.07, 6.45) is -0.0346. The van der Waals surface area contributed by atoms with Crippen LogP contribution >= 0.6 is 0 Å². The van der Waals surface area contributed by atoms with Crippen LogP contribution in [0.15, 0.2) is 41.2 Å². The fourth-order valence-electron chi connectivity index (χ4n) is 7.02. The molecule has 0 amide bonds. The fourth-order valence-corrected chi connectivity index (χ4v) is 7.02. The molecule has 1 aliphatic carbocycles. The number of halogens is 5. The van der Waals surface area contributed by atoms with Crippen molar-refractivity contribution in [3.63, 3.8) is 0 Å². The smallest absolute Gasteiger partial charge is 0.267 e. The second-order valence-electron chi connectivity index (χ2n) is 13.6. The summed E-state index contributed by atoms with van der Waals surface area (Å²) in [5.74, 6) is -4.69. The standard InChI is InChI=1S/C38H43F5N4O/c1-7-9-26(17-24-18-27(39)20-28(40)19-24)35-46-34-31(22(5)16-30(45-34)37(41)12-14-38(42,43)15-13-37)36(48)47(35)29-11-10-25(8-2)32(23(29)6)33(44)21(3)4/h10-11,16,18-21,26,44H,7-9,12-15,17H2,1-6H3. The molecule has 5 nitrogen and oxygen atoms in total. The molecule has 4 aromatic rings. The number of nitrogens with zero attached hydrogens (tertiary/aromatic N) is 3. The van der Waals surface area contributed by atoms with Gasteiger partial charge >= 0.3 is 0 Å². The van der Waals surface area contributed by atoms with Gasteiger partial charge in [-0.1, -0.05) is 40.2 Å². The number of rotatable bonds is 10. The number of fused-ring (bicyclic) bond motifs is 1. The van der Waals surface area contributed by atoms with E-state index in [2.05, 4.69) is 4.98 Å². The second kappa shape index (κ2) is 13.5. The summed E-state index contributed by atoms with van der Waals surface area (Å²) in [5, 5.41) is 9.10. The molecule has 2 aromatic carbocycles. The van der Waals surface area contributed by atoms with Crippen molar-refractivity contribution in [2.75, 3.05) is 0 Å². The summed E-state index contributed by atoms with van der Waals surface area (Å²) in [7, 11) is 0. The first-order valence-corrected chi connectivity index (χ1v) is 16.8. The van der Waals surface area contributed by atoms with E-state index in [-0.39, 0.29) is 29.1 Å². The first-order valence-electron chi connectivity index (χ1n) is 16.8. The number of alkyl halides is 3. The number of hydrogen-bond donors (Lipinski definition) is 1. The highest BCUT2D eigenvalue weighted by Crippen LogP contribution is 2.46. The Bertz CT molecular complexity index is 1900. The summed E-state index contributed by atoms with van der Waals surface area (Å²) >= 11 is 0. The van der Waals surface area contributed by atoms with Gasteiger partial charge in [0.25, 0.3) is 5.56 Å². The summed E-state index contributed by atoms with van der Waals surface area (Å²) in [4.78, 5) is 24.2. The van der Waals surface area contributed by atoms with Crippen molar-refractivity contribution in [1.29, 1.82) is 5.41 Å². The summed E-state index contributed by atoms with van der Waals surface area (Å²) in [5.41, 5.74) is 1.61. The number of hydrogen-bond acceptors (Lipinski definition) is 4. The molecule has 1 saturated carbocycles. The second-order valence-corrected chi connectivity index (χ2v) is 13.6. The summed E-state index contributed by atoms with van der Waals surface area (Å²) in [6.45, 7) is 11.4. The molecule has 0 aliphatic heterocycles. The van der Waals surface area contributed by atoms with Crippen molar-refractivity contribution in [2.45, 2.75) is 110 Å². The highest BCUT2D eigenvalue weighted by atomic mass is 19.3. The van der Waals surface area contributed by atoms with Crippen LogP contribution in [0.25, 0.3) is 16.7 Å². The van der Waals surface area contributed by atoms with Crippen molar-refractivity contribution in [3.8, 4) is 5.69 Å². The zero-order valence-electron chi connectivity index (χ0n) is 28.4. The topological polar surface area (TPSA) is 71.6 Å². The van der Waals surface area contributed by atoms with Crippen LogP contribution in [0.1, 0.15) is 111 Å². The molecule has 1 atom stereocenters. The van der Waals surface area contributed by atoms with Crippen molar-refractivity contribution in [3.05, 3.63) is 97.7 Å². The van der Waals surface area contributed by atoms with E-state index in [1.807, 2.05) is 46.8 Å². The third-order valence-electron chi connectivity index (χ3n) is 9.70. The van der Waals surface area contributed by atoms with Crippen LogP contribution in [0.2, 0.25) is 0 Å². The van der Waals surface area contributed by atoms with Crippen LogP contribution < -0.4 is 5.56 Å². The molecular formula is C38H43F5N4O. The summed E-state index contributed by atoms with van der Waals surface area (Å²) in [6, 6.07) is 8.52. The number of benzene rings is 2. The van der Waals surface area contributed by atoms with Gasteiger partial charge in [-0.15, -0.1) is 0 Å². The van der Waals surface area contributed by atoms with Gasteiger partial charge in [-0.2, -0.15) is 0 Å². The molecule has 0 bridgehead atoms. The third kappa shape index (κ3) is 6.80. The Hall–Kier alpha value is -3.95. The van der Waals surface area contributed by atoms with Gasteiger partial charge in [-0.25, -0.2) is 31.9 Å². The van der Waals surface area contributed by atoms with Crippen LogP contribution in [-0.4, -0.2) is 26.2 Å². The Labute approximate surface area is 278 Å². The van der Waals surface area contributed by atoms with E-state index in [1.165, 1.54) is 22.8 Å². The normalized spacial score (nSPS) is 16.4. The van der Waals surface area contributed by atoms with E-state index >= 15 is 4.39 Å². The van der Waals surface area contributed by atoms with Gasteiger partial charge in [0.1, 0.15) is 17.5 Å². The Morgan fingerprint density at radius 1 is 0.958 bits per heavy atom. The molecular weight excluding hydrogens is 623 g/mol. The lowest BCUT2D eigenvalue weighted by atomic mass is 9.81. The molecule has 5 rings (SSSR count). The molecule has 10 heteroatoms. The molecule has 1 unspecified atom stereocenters. The largest absolute Gasteiger partial charge is 0.304 e. The van der Waals surface area contributed by atoms with Crippen LogP contribution in [0, 0.1) is 36.8 Å². The number of pyridine rings is 1. The molecule has 256 valence electrons. The van der Waals surface area contributed by atoms with E-state index in [9.17, 15) is 22.4 Å². The quantitative estimate of drug-likeness (QED) is 0.135. The highest BCUT2D eigenvalue weighted by molar-refractivity contribution is 6.02. The van der Waals surface area contributed by atoms with Gasteiger partial charge in [0.2, 0.25) is 5.92 Å². The number of nitrogens with one attached hydrogen (secondary N) is 1. The van der Waals surface area contributed by atoms with Crippen molar-refractivity contribution in [2.24, 2.45) is 5.92 Å². The van der Waals surface area contributed by atoms with Gasteiger partial charge < -0.3 is 5.41 Å². The Morgan fingerprint density at radius 3 is 2.19 bits per heavy atom. The molecule has 48 heavy (non-hydrogen) atoms. The number of aryl methyl sites for hydroxylation is 2. The monoisotopic (exact) mass is 666 g/mol.